The van der Waals surface area contributed by atoms with Gasteiger partial charge in [0.15, 0.2) is 0 Å². The molecule has 0 aliphatic carbocycles. The minimum absolute atomic E-state index is 0.0927. The normalized spacial score (nSPS) is 11.2. The summed E-state index contributed by atoms with van der Waals surface area (Å²) in [5, 5.41) is 18.2. The van der Waals surface area contributed by atoms with E-state index in [4.69, 9.17) is 15.9 Å². The zero-order valence-electron chi connectivity index (χ0n) is 12.1. The van der Waals surface area contributed by atoms with Crippen LogP contribution in [0.3, 0.4) is 0 Å². The molecule has 0 atom stereocenters. The lowest BCUT2D eigenvalue weighted by atomic mass is 9.87. The molecule has 0 aliphatic rings. The SMILES string of the molecule is Cc1cc(OCCCC(C)(C)C(=N)N)ccc1[N+](=O)[O-]. The number of benzene rings is 1. The molecule has 0 radical (unpaired) electrons. The molecule has 3 N–H and O–H groups in total. The van der Waals surface area contributed by atoms with Crippen molar-refractivity contribution in [3.8, 4) is 5.75 Å². The first-order valence-electron chi connectivity index (χ1n) is 6.46. The van der Waals surface area contributed by atoms with Crippen LogP contribution in [-0.2, 0) is 0 Å². The zero-order chi connectivity index (χ0) is 15.3. The van der Waals surface area contributed by atoms with Crippen LogP contribution in [0.2, 0.25) is 0 Å². The van der Waals surface area contributed by atoms with Gasteiger partial charge in [-0.15, -0.1) is 0 Å². The van der Waals surface area contributed by atoms with Gasteiger partial charge in [0.2, 0.25) is 0 Å². The Morgan fingerprint density at radius 2 is 2.15 bits per heavy atom. The summed E-state index contributed by atoms with van der Waals surface area (Å²) >= 11 is 0. The maximum atomic E-state index is 10.7. The summed E-state index contributed by atoms with van der Waals surface area (Å²) in [7, 11) is 0. The molecule has 110 valence electrons. The van der Waals surface area contributed by atoms with Crippen molar-refractivity contribution in [1.29, 1.82) is 5.41 Å². The van der Waals surface area contributed by atoms with Crippen LogP contribution in [0.25, 0.3) is 0 Å². The largest absolute Gasteiger partial charge is 0.494 e. The molecule has 0 aromatic heterocycles. The minimum Gasteiger partial charge on any atom is -0.494 e. The number of nitrogens with zero attached hydrogens (tertiary/aromatic N) is 1. The standard InChI is InChI=1S/C14H21N3O3/c1-10-9-11(5-6-12(10)17(18)19)20-8-4-7-14(2,3)13(15)16/h5-6,9H,4,7-8H2,1-3H3,(H3,15,16). The van der Waals surface area contributed by atoms with Gasteiger partial charge in [-0.3, -0.25) is 15.5 Å². The zero-order valence-corrected chi connectivity index (χ0v) is 12.1. The van der Waals surface area contributed by atoms with Crippen molar-refractivity contribution >= 4 is 11.5 Å². The van der Waals surface area contributed by atoms with Crippen molar-refractivity contribution in [3.05, 3.63) is 33.9 Å². The van der Waals surface area contributed by atoms with Gasteiger partial charge in [0.25, 0.3) is 5.69 Å². The van der Waals surface area contributed by atoms with Crippen LogP contribution in [0.4, 0.5) is 5.69 Å². The fourth-order valence-corrected chi connectivity index (χ4v) is 1.76. The third-order valence-corrected chi connectivity index (χ3v) is 3.31. The lowest BCUT2D eigenvalue weighted by molar-refractivity contribution is -0.385. The molecule has 0 spiro atoms. The van der Waals surface area contributed by atoms with Gasteiger partial charge in [-0.2, -0.15) is 0 Å². The molecule has 20 heavy (non-hydrogen) atoms. The van der Waals surface area contributed by atoms with Gasteiger partial charge < -0.3 is 10.5 Å². The van der Waals surface area contributed by atoms with Crippen LogP contribution in [0.1, 0.15) is 32.3 Å². The number of nitrogens with two attached hydrogens (primary N) is 1. The third-order valence-electron chi connectivity index (χ3n) is 3.31. The summed E-state index contributed by atoms with van der Waals surface area (Å²) in [5.74, 6) is 0.789. The molecular weight excluding hydrogens is 258 g/mol. The average Bonchev–Trinajstić information content (AvgIpc) is 2.34. The number of nitro groups is 1. The van der Waals surface area contributed by atoms with Gasteiger partial charge in [0.05, 0.1) is 17.4 Å². The Balaban J connectivity index is 2.49. The van der Waals surface area contributed by atoms with Crippen molar-refractivity contribution in [2.75, 3.05) is 6.61 Å². The van der Waals surface area contributed by atoms with E-state index in [9.17, 15) is 10.1 Å². The number of rotatable bonds is 7. The van der Waals surface area contributed by atoms with Crippen molar-refractivity contribution < 1.29 is 9.66 Å². The molecule has 0 aliphatic heterocycles. The van der Waals surface area contributed by atoms with Gasteiger partial charge in [-0.05, 0) is 31.9 Å². The first-order valence-corrected chi connectivity index (χ1v) is 6.46. The summed E-state index contributed by atoms with van der Waals surface area (Å²) < 4.78 is 5.56. The second-order valence-corrected chi connectivity index (χ2v) is 5.45. The topological polar surface area (TPSA) is 102 Å². The highest BCUT2D eigenvalue weighted by atomic mass is 16.6. The highest BCUT2D eigenvalue weighted by Gasteiger charge is 2.20. The molecule has 6 nitrogen and oxygen atoms in total. The van der Waals surface area contributed by atoms with Gasteiger partial charge in [0.1, 0.15) is 5.75 Å². The van der Waals surface area contributed by atoms with Crippen LogP contribution in [0, 0.1) is 27.9 Å². The highest BCUT2D eigenvalue weighted by Crippen LogP contribution is 2.24. The van der Waals surface area contributed by atoms with Crippen LogP contribution >= 0.6 is 0 Å². The molecule has 0 fully saturated rings. The predicted molar refractivity (Wildman–Crippen MR) is 78.3 cm³/mol. The molecule has 0 saturated heterocycles. The number of aryl methyl sites for hydroxylation is 1. The van der Waals surface area contributed by atoms with E-state index in [0.717, 1.165) is 12.8 Å². The van der Waals surface area contributed by atoms with Crippen molar-refractivity contribution in [3.63, 3.8) is 0 Å². The van der Waals surface area contributed by atoms with E-state index >= 15 is 0 Å². The number of hydrogen-bond donors (Lipinski definition) is 2. The van der Waals surface area contributed by atoms with Gasteiger partial charge in [-0.1, -0.05) is 13.8 Å². The van der Waals surface area contributed by atoms with Gasteiger partial charge in [0, 0.05) is 17.0 Å². The molecular formula is C14H21N3O3. The van der Waals surface area contributed by atoms with E-state index < -0.39 is 4.92 Å². The van der Waals surface area contributed by atoms with Gasteiger partial charge >= 0.3 is 0 Å². The molecule has 0 bridgehead atoms. The van der Waals surface area contributed by atoms with Crippen LogP contribution in [0.5, 0.6) is 5.75 Å². The van der Waals surface area contributed by atoms with Crippen LogP contribution in [-0.4, -0.2) is 17.4 Å². The Hall–Kier alpha value is -2.11. The quantitative estimate of drug-likeness (QED) is 0.263. The Labute approximate surface area is 118 Å². The van der Waals surface area contributed by atoms with E-state index in [1.807, 2.05) is 13.8 Å². The Morgan fingerprint density at radius 3 is 2.65 bits per heavy atom. The molecule has 1 aromatic rings. The molecule has 1 rings (SSSR count). The summed E-state index contributed by atoms with van der Waals surface area (Å²) in [5.41, 5.74) is 5.86. The number of hydrogen-bond acceptors (Lipinski definition) is 4. The monoisotopic (exact) mass is 279 g/mol. The maximum Gasteiger partial charge on any atom is 0.272 e. The number of nitro benzene ring substituents is 1. The highest BCUT2D eigenvalue weighted by molar-refractivity contribution is 5.82. The summed E-state index contributed by atoms with van der Waals surface area (Å²) in [4.78, 5) is 10.3. The first-order chi connectivity index (χ1) is 9.24. The Morgan fingerprint density at radius 1 is 1.50 bits per heavy atom. The lowest BCUT2D eigenvalue weighted by Gasteiger charge is -2.22. The Kier molecular flexibility index (Phi) is 5.07. The number of amidine groups is 1. The van der Waals surface area contributed by atoms with Crippen molar-refractivity contribution in [2.45, 2.75) is 33.6 Å². The number of ether oxygens (including phenoxy) is 1. The molecule has 6 heteroatoms. The first kappa shape index (κ1) is 15.9. The third kappa shape index (κ3) is 4.22. The van der Waals surface area contributed by atoms with Crippen LogP contribution < -0.4 is 10.5 Å². The van der Waals surface area contributed by atoms with Crippen LogP contribution in [0.15, 0.2) is 18.2 Å². The fourth-order valence-electron chi connectivity index (χ4n) is 1.76. The molecule has 0 saturated carbocycles. The minimum atomic E-state index is -0.408. The Bertz CT molecular complexity index is 512. The molecule has 1 aromatic carbocycles. The van der Waals surface area contributed by atoms with E-state index in [1.54, 1.807) is 19.1 Å². The smallest absolute Gasteiger partial charge is 0.272 e. The van der Waals surface area contributed by atoms with E-state index in [2.05, 4.69) is 0 Å². The average molecular weight is 279 g/mol. The van der Waals surface area contributed by atoms with Gasteiger partial charge in [-0.25, -0.2) is 0 Å². The van der Waals surface area contributed by atoms with E-state index in [0.29, 0.717) is 17.9 Å². The summed E-state index contributed by atoms with van der Waals surface area (Å²) in [6, 6.07) is 4.71. The summed E-state index contributed by atoms with van der Waals surface area (Å²) in [6.45, 7) is 6.02. The lowest BCUT2D eigenvalue weighted by Crippen LogP contribution is -2.31. The summed E-state index contributed by atoms with van der Waals surface area (Å²) in [6.07, 6.45) is 1.52. The molecule has 0 heterocycles. The van der Waals surface area contributed by atoms with E-state index in [-0.39, 0.29) is 16.9 Å². The molecule has 0 amide bonds. The van der Waals surface area contributed by atoms with E-state index in [1.165, 1.54) is 6.07 Å². The van der Waals surface area contributed by atoms with Crippen molar-refractivity contribution in [1.82, 2.24) is 0 Å². The predicted octanol–water partition coefficient (Wildman–Crippen LogP) is 3.02. The second kappa shape index (κ2) is 6.36. The second-order valence-electron chi connectivity index (χ2n) is 5.45. The maximum absolute atomic E-state index is 10.7. The molecule has 0 unspecified atom stereocenters. The van der Waals surface area contributed by atoms with Crippen molar-refractivity contribution in [2.24, 2.45) is 11.1 Å². The number of nitrogens with one attached hydrogen (secondary N) is 1. The fraction of sp³-hybridized carbons (Fsp3) is 0.500.